The molecule has 3 rings (SSSR count). The molecule has 0 saturated carbocycles. The fourth-order valence-electron chi connectivity index (χ4n) is 2.15. The number of alkyl halides is 3. The predicted octanol–water partition coefficient (Wildman–Crippen LogP) is 4.90. The van der Waals surface area contributed by atoms with Gasteiger partial charge in [0.15, 0.2) is 5.76 Å². The molecule has 0 amide bonds. The Morgan fingerprint density at radius 3 is 2.28 bits per heavy atom. The van der Waals surface area contributed by atoms with E-state index in [0.717, 1.165) is 17.7 Å². The minimum absolute atomic E-state index is 0.111. The molecule has 0 unspecified atom stereocenters. The Bertz CT molecular complexity index is 869. The second kappa shape index (κ2) is 6.80. The number of rotatable bonds is 4. The fraction of sp³-hybridized carbons (Fsp3) is 0.111. The van der Waals surface area contributed by atoms with Gasteiger partial charge in [0.25, 0.3) is 5.89 Å². The minimum Gasteiger partial charge on any atom is -0.491 e. The van der Waals surface area contributed by atoms with E-state index in [2.05, 4.69) is 10.2 Å². The van der Waals surface area contributed by atoms with Crippen LogP contribution >= 0.6 is 0 Å². The third kappa shape index (κ3) is 3.88. The average molecular weight is 346 g/mol. The van der Waals surface area contributed by atoms with Gasteiger partial charge in [0, 0.05) is 5.56 Å². The Morgan fingerprint density at radius 1 is 1.00 bits per heavy atom. The topological polar surface area (TPSA) is 48.2 Å². The Kier molecular flexibility index (Phi) is 4.56. The highest BCUT2D eigenvalue weighted by Crippen LogP contribution is 2.31. The van der Waals surface area contributed by atoms with E-state index in [9.17, 15) is 13.2 Å². The van der Waals surface area contributed by atoms with E-state index in [1.165, 1.54) is 19.2 Å². The average Bonchev–Trinajstić information content (AvgIpc) is 3.10. The van der Waals surface area contributed by atoms with E-state index in [4.69, 9.17) is 9.15 Å². The third-order valence-electron chi connectivity index (χ3n) is 3.41. The molecule has 7 heteroatoms. The maximum Gasteiger partial charge on any atom is 0.416 e. The Labute approximate surface area is 141 Å². The van der Waals surface area contributed by atoms with Crippen molar-refractivity contribution in [2.24, 2.45) is 0 Å². The molecule has 0 aliphatic rings. The van der Waals surface area contributed by atoms with E-state index in [0.29, 0.717) is 11.3 Å². The fourth-order valence-corrected chi connectivity index (χ4v) is 2.15. The lowest BCUT2D eigenvalue weighted by Crippen LogP contribution is -2.03. The molecule has 0 bridgehead atoms. The molecular formula is C18H13F3N2O2. The summed E-state index contributed by atoms with van der Waals surface area (Å²) < 4.78 is 48.6. The zero-order valence-corrected chi connectivity index (χ0v) is 13.1. The van der Waals surface area contributed by atoms with Gasteiger partial charge in [-0.15, -0.1) is 10.2 Å². The van der Waals surface area contributed by atoms with Gasteiger partial charge >= 0.3 is 6.18 Å². The number of nitrogens with zero attached hydrogens (tertiary/aromatic N) is 2. The predicted molar refractivity (Wildman–Crippen MR) is 86.1 cm³/mol. The van der Waals surface area contributed by atoms with Gasteiger partial charge < -0.3 is 9.15 Å². The number of halogens is 3. The summed E-state index contributed by atoms with van der Waals surface area (Å²) in [6.07, 6.45) is -2.66. The van der Waals surface area contributed by atoms with Crippen molar-refractivity contribution in [2.45, 2.75) is 6.18 Å². The number of ether oxygens (including phenoxy) is 1. The maximum atomic E-state index is 12.6. The van der Waals surface area contributed by atoms with Crippen LogP contribution in [0.4, 0.5) is 13.2 Å². The first kappa shape index (κ1) is 16.8. The van der Waals surface area contributed by atoms with Crippen LogP contribution in [0.15, 0.2) is 59.0 Å². The van der Waals surface area contributed by atoms with Crippen LogP contribution in [0.3, 0.4) is 0 Å². The van der Waals surface area contributed by atoms with E-state index in [-0.39, 0.29) is 11.8 Å². The standard InChI is InChI=1S/C18H13F3N2O2/c1-24-15(11-12-5-3-2-4-6-12)17-23-22-16(25-17)13-7-9-14(10-8-13)18(19,20)21/h2-11H,1H3/b15-11-. The highest BCUT2D eigenvalue weighted by Gasteiger charge is 2.30. The van der Waals surface area contributed by atoms with Crippen LogP contribution in [0.2, 0.25) is 0 Å². The van der Waals surface area contributed by atoms with E-state index in [1.54, 1.807) is 6.08 Å². The zero-order chi connectivity index (χ0) is 17.9. The molecule has 3 aromatic rings. The quantitative estimate of drug-likeness (QED) is 0.631. The SMILES string of the molecule is CO/C(=C\c1ccccc1)c1nnc(-c2ccc(C(F)(F)F)cc2)o1. The molecule has 0 atom stereocenters. The van der Waals surface area contributed by atoms with Crippen molar-refractivity contribution < 1.29 is 22.3 Å². The lowest BCUT2D eigenvalue weighted by atomic mass is 10.1. The van der Waals surface area contributed by atoms with Crippen LogP contribution in [-0.2, 0) is 10.9 Å². The number of aromatic nitrogens is 2. The molecule has 128 valence electrons. The van der Waals surface area contributed by atoms with Gasteiger partial charge in [-0.05, 0) is 35.9 Å². The van der Waals surface area contributed by atoms with Crippen molar-refractivity contribution in [2.75, 3.05) is 7.11 Å². The minimum atomic E-state index is -4.39. The van der Waals surface area contributed by atoms with Crippen molar-refractivity contribution in [1.29, 1.82) is 0 Å². The summed E-state index contributed by atoms with van der Waals surface area (Å²) in [5.74, 6) is 0.609. The molecule has 1 heterocycles. The van der Waals surface area contributed by atoms with E-state index < -0.39 is 11.7 Å². The lowest BCUT2D eigenvalue weighted by Gasteiger charge is -2.06. The number of hydrogen-bond acceptors (Lipinski definition) is 4. The maximum absolute atomic E-state index is 12.6. The van der Waals surface area contributed by atoms with Gasteiger partial charge in [0.05, 0.1) is 12.7 Å². The Balaban J connectivity index is 1.87. The van der Waals surface area contributed by atoms with Crippen molar-refractivity contribution in [3.8, 4) is 11.5 Å². The van der Waals surface area contributed by atoms with Crippen molar-refractivity contribution in [1.82, 2.24) is 10.2 Å². The van der Waals surface area contributed by atoms with Crippen molar-refractivity contribution in [3.63, 3.8) is 0 Å². The monoisotopic (exact) mass is 346 g/mol. The van der Waals surface area contributed by atoms with Gasteiger partial charge in [-0.25, -0.2) is 0 Å². The summed E-state index contributed by atoms with van der Waals surface area (Å²) in [5, 5.41) is 7.77. The molecule has 0 saturated heterocycles. The molecule has 0 spiro atoms. The molecule has 25 heavy (non-hydrogen) atoms. The molecule has 0 N–H and O–H groups in total. The molecule has 0 aliphatic carbocycles. The highest BCUT2D eigenvalue weighted by atomic mass is 19.4. The highest BCUT2D eigenvalue weighted by molar-refractivity contribution is 5.73. The number of hydrogen-bond donors (Lipinski definition) is 0. The Hall–Kier alpha value is -3.09. The first-order valence-electron chi connectivity index (χ1n) is 7.29. The summed E-state index contributed by atoms with van der Waals surface area (Å²) >= 11 is 0. The summed E-state index contributed by atoms with van der Waals surface area (Å²) in [5.41, 5.74) is 0.535. The molecule has 0 aliphatic heterocycles. The third-order valence-corrected chi connectivity index (χ3v) is 3.41. The van der Waals surface area contributed by atoms with Crippen LogP contribution in [0.5, 0.6) is 0 Å². The molecule has 2 aromatic carbocycles. The summed E-state index contributed by atoms with van der Waals surface area (Å²) in [7, 11) is 1.47. The van der Waals surface area contributed by atoms with Gasteiger partial charge in [-0.2, -0.15) is 13.2 Å². The molecule has 0 fully saturated rings. The second-order valence-electron chi connectivity index (χ2n) is 5.11. The largest absolute Gasteiger partial charge is 0.491 e. The normalized spacial score (nSPS) is 12.2. The lowest BCUT2D eigenvalue weighted by molar-refractivity contribution is -0.137. The summed E-state index contributed by atoms with van der Waals surface area (Å²) in [6.45, 7) is 0. The van der Waals surface area contributed by atoms with Crippen LogP contribution in [-0.4, -0.2) is 17.3 Å². The van der Waals surface area contributed by atoms with Crippen LogP contribution in [0, 0.1) is 0 Å². The zero-order valence-electron chi connectivity index (χ0n) is 13.1. The summed E-state index contributed by atoms with van der Waals surface area (Å²) in [4.78, 5) is 0. The second-order valence-corrected chi connectivity index (χ2v) is 5.11. The smallest absolute Gasteiger partial charge is 0.416 e. The van der Waals surface area contributed by atoms with Gasteiger partial charge in [-0.1, -0.05) is 30.3 Å². The van der Waals surface area contributed by atoms with E-state index >= 15 is 0 Å². The van der Waals surface area contributed by atoms with Crippen molar-refractivity contribution >= 4 is 11.8 Å². The molecule has 4 nitrogen and oxygen atoms in total. The van der Waals surface area contributed by atoms with Crippen LogP contribution in [0.1, 0.15) is 17.0 Å². The van der Waals surface area contributed by atoms with Crippen LogP contribution < -0.4 is 0 Å². The van der Waals surface area contributed by atoms with E-state index in [1.807, 2.05) is 30.3 Å². The van der Waals surface area contributed by atoms with Crippen molar-refractivity contribution in [3.05, 3.63) is 71.6 Å². The first-order valence-corrected chi connectivity index (χ1v) is 7.29. The molecule has 0 radical (unpaired) electrons. The summed E-state index contributed by atoms with van der Waals surface area (Å²) in [6, 6.07) is 13.9. The van der Waals surface area contributed by atoms with Gasteiger partial charge in [0.2, 0.25) is 5.89 Å². The number of benzene rings is 2. The first-order chi connectivity index (χ1) is 12.0. The number of methoxy groups -OCH3 is 1. The van der Waals surface area contributed by atoms with Gasteiger partial charge in [0.1, 0.15) is 0 Å². The Morgan fingerprint density at radius 2 is 1.68 bits per heavy atom. The molecular weight excluding hydrogens is 333 g/mol. The van der Waals surface area contributed by atoms with Crippen LogP contribution in [0.25, 0.3) is 23.3 Å². The van der Waals surface area contributed by atoms with Gasteiger partial charge in [-0.3, -0.25) is 0 Å². The molecule has 1 aromatic heterocycles.